The summed E-state index contributed by atoms with van der Waals surface area (Å²) in [6.07, 6.45) is -4.26. The van der Waals surface area contributed by atoms with Gasteiger partial charge in [-0.05, 0) is 41.8 Å². The molecule has 1 fully saturated rings. The van der Waals surface area contributed by atoms with Crippen LogP contribution in [0.15, 0.2) is 48.5 Å². The van der Waals surface area contributed by atoms with Crippen molar-refractivity contribution in [2.45, 2.75) is 30.9 Å². The number of halogens is 3. The van der Waals surface area contributed by atoms with Crippen molar-refractivity contribution in [3.8, 4) is 11.5 Å². The first-order valence-corrected chi connectivity index (χ1v) is 9.66. The first-order chi connectivity index (χ1) is 13.7. The van der Waals surface area contributed by atoms with Crippen molar-refractivity contribution in [3.05, 3.63) is 59.7 Å². The van der Waals surface area contributed by atoms with Gasteiger partial charge >= 0.3 is 6.36 Å². The van der Waals surface area contributed by atoms with Gasteiger partial charge in [0.1, 0.15) is 11.5 Å². The lowest BCUT2D eigenvalue weighted by Gasteiger charge is -2.15. The Balaban J connectivity index is 1.50. The van der Waals surface area contributed by atoms with E-state index in [1.807, 2.05) is 19.1 Å². The Labute approximate surface area is 169 Å². The molecule has 154 valence electrons. The van der Waals surface area contributed by atoms with Gasteiger partial charge in [-0.3, -0.25) is 14.9 Å². The SMILES string of the molecule is C[C@H](COc1ccc(CC2SC(=O)NC2=O)cc1)c1ccc(OC(F)(F)F)cc1. The van der Waals surface area contributed by atoms with Crippen LogP contribution in [-0.4, -0.2) is 29.4 Å². The van der Waals surface area contributed by atoms with Crippen LogP contribution in [0.2, 0.25) is 0 Å². The Morgan fingerprint density at radius 3 is 2.21 bits per heavy atom. The van der Waals surface area contributed by atoms with E-state index in [0.29, 0.717) is 18.8 Å². The second kappa shape index (κ2) is 8.77. The number of carbonyl (C=O) groups is 2. The normalized spacial score (nSPS) is 17.7. The molecule has 5 nitrogen and oxygen atoms in total. The van der Waals surface area contributed by atoms with E-state index in [1.165, 1.54) is 12.1 Å². The fraction of sp³-hybridized carbons (Fsp3) is 0.300. The maximum atomic E-state index is 12.2. The number of rotatable bonds is 7. The zero-order valence-electron chi connectivity index (χ0n) is 15.4. The molecule has 0 saturated carbocycles. The number of benzene rings is 2. The van der Waals surface area contributed by atoms with Crippen LogP contribution in [0.4, 0.5) is 18.0 Å². The van der Waals surface area contributed by atoms with Crippen LogP contribution < -0.4 is 14.8 Å². The van der Waals surface area contributed by atoms with Gasteiger partial charge in [-0.15, -0.1) is 13.2 Å². The summed E-state index contributed by atoms with van der Waals surface area (Å²) in [7, 11) is 0. The van der Waals surface area contributed by atoms with Crippen molar-refractivity contribution in [2.75, 3.05) is 6.61 Å². The highest BCUT2D eigenvalue weighted by Crippen LogP contribution is 2.26. The minimum atomic E-state index is -4.71. The molecule has 1 unspecified atom stereocenters. The summed E-state index contributed by atoms with van der Waals surface area (Å²) in [4.78, 5) is 22.8. The number of carbonyl (C=O) groups excluding carboxylic acids is 2. The molecule has 0 bridgehead atoms. The van der Waals surface area contributed by atoms with E-state index in [9.17, 15) is 22.8 Å². The average molecular weight is 425 g/mol. The van der Waals surface area contributed by atoms with Crippen LogP contribution >= 0.6 is 11.8 Å². The molecule has 3 rings (SSSR count). The zero-order valence-corrected chi connectivity index (χ0v) is 16.2. The van der Waals surface area contributed by atoms with Crippen LogP contribution in [-0.2, 0) is 11.2 Å². The highest BCUT2D eigenvalue weighted by Gasteiger charge is 2.32. The van der Waals surface area contributed by atoms with Crippen molar-refractivity contribution in [2.24, 2.45) is 0 Å². The standard InChI is InChI=1S/C20H18F3NO4S/c1-12(14-4-8-16(9-5-14)28-20(21,22)23)11-27-15-6-2-13(3-7-15)10-17-18(25)24-19(26)29-17/h2-9,12,17H,10-11H2,1H3,(H,24,25,26)/t12-,17?/m1/s1. The summed E-state index contributed by atoms with van der Waals surface area (Å²) < 4.78 is 46.2. The number of nitrogens with one attached hydrogen (secondary N) is 1. The van der Waals surface area contributed by atoms with E-state index in [1.54, 1.807) is 24.3 Å². The summed E-state index contributed by atoms with van der Waals surface area (Å²) in [6.45, 7) is 2.25. The molecular formula is C20H18F3NO4S. The summed E-state index contributed by atoms with van der Waals surface area (Å²) in [5, 5.41) is 1.51. The first kappa shape index (κ1) is 21.0. The molecule has 0 aliphatic carbocycles. The minimum Gasteiger partial charge on any atom is -0.493 e. The Hall–Kier alpha value is -2.68. The lowest BCUT2D eigenvalue weighted by molar-refractivity contribution is -0.274. The van der Waals surface area contributed by atoms with Gasteiger partial charge in [0.15, 0.2) is 0 Å². The molecule has 1 aliphatic rings. The number of hydrogen-bond donors (Lipinski definition) is 1. The molecule has 29 heavy (non-hydrogen) atoms. The molecule has 0 spiro atoms. The number of imide groups is 1. The smallest absolute Gasteiger partial charge is 0.493 e. The average Bonchev–Trinajstić information content (AvgIpc) is 2.97. The van der Waals surface area contributed by atoms with Gasteiger partial charge in [0.25, 0.3) is 5.24 Å². The topological polar surface area (TPSA) is 64.6 Å². The predicted molar refractivity (Wildman–Crippen MR) is 102 cm³/mol. The molecule has 9 heteroatoms. The molecular weight excluding hydrogens is 407 g/mol. The van der Waals surface area contributed by atoms with E-state index < -0.39 is 11.6 Å². The Bertz CT molecular complexity index is 869. The van der Waals surface area contributed by atoms with E-state index >= 15 is 0 Å². The van der Waals surface area contributed by atoms with Crippen molar-refractivity contribution in [1.82, 2.24) is 5.32 Å². The van der Waals surface area contributed by atoms with Crippen molar-refractivity contribution in [3.63, 3.8) is 0 Å². The predicted octanol–water partition coefficient (Wildman–Crippen LogP) is 4.66. The number of alkyl halides is 3. The van der Waals surface area contributed by atoms with Gasteiger partial charge < -0.3 is 9.47 Å². The fourth-order valence-electron chi connectivity index (χ4n) is 2.78. The number of ether oxygens (including phenoxy) is 2. The van der Waals surface area contributed by atoms with Crippen LogP contribution in [0.5, 0.6) is 11.5 Å². The lowest BCUT2D eigenvalue weighted by Crippen LogP contribution is -2.25. The van der Waals surface area contributed by atoms with Gasteiger partial charge in [-0.2, -0.15) is 0 Å². The Kier molecular flexibility index (Phi) is 6.36. The molecule has 1 saturated heterocycles. The van der Waals surface area contributed by atoms with E-state index in [0.717, 1.165) is 22.9 Å². The molecule has 1 heterocycles. The monoisotopic (exact) mass is 425 g/mol. The number of thioether (sulfide) groups is 1. The second-order valence-electron chi connectivity index (χ2n) is 6.56. The minimum absolute atomic E-state index is 0.0424. The largest absolute Gasteiger partial charge is 0.573 e. The molecule has 1 N–H and O–H groups in total. The highest BCUT2D eigenvalue weighted by atomic mass is 32.2. The van der Waals surface area contributed by atoms with E-state index in [-0.39, 0.29) is 22.8 Å². The molecule has 2 atom stereocenters. The van der Waals surface area contributed by atoms with Crippen molar-refractivity contribution >= 4 is 22.9 Å². The maximum absolute atomic E-state index is 12.2. The molecule has 2 aromatic rings. The first-order valence-electron chi connectivity index (χ1n) is 8.78. The molecule has 2 aromatic carbocycles. The highest BCUT2D eigenvalue weighted by molar-refractivity contribution is 8.15. The quantitative estimate of drug-likeness (QED) is 0.699. The number of amides is 2. The van der Waals surface area contributed by atoms with Crippen molar-refractivity contribution < 1.29 is 32.2 Å². The van der Waals surface area contributed by atoms with Gasteiger partial charge in [0.05, 0.1) is 11.9 Å². The van der Waals surface area contributed by atoms with E-state index in [2.05, 4.69) is 10.1 Å². The second-order valence-corrected chi connectivity index (χ2v) is 7.74. The summed E-state index contributed by atoms with van der Waals surface area (Å²) in [5.41, 5.74) is 1.73. The molecule has 0 aromatic heterocycles. The zero-order chi connectivity index (χ0) is 21.0. The fourth-order valence-corrected chi connectivity index (χ4v) is 3.64. The molecule has 2 amide bonds. The van der Waals surface area contributed by atoms with Gasteiger partial charge in [0, 0.05) is 5.92 Å². The lowest BCUT2D eigenvalue weighted by atomic mass is 10.0. The number of hydrogen-bond acceptors (Lipinski definition) is 5. The van der Waals surface area contributed by atoms with Crippen LogP contribution in [0.3, 0.4) is 0 Å². The van der Waals surface area contributed by atoms with Crippen LogP contribution in [0.1, 0.15) is 24.0 Å². The van der Waals surface area contributed by atoms with Crippen LogP contribution in [0.25, 0.3) is 0 Å². The van der Waals surface area contributed by atoms with E-state index in [4.69, 9.17) is 4.74 Å². The van der Waals surface area contributed by atoms with Crippen molar-refractivity contribution in [1.29, 1.82) is 0 Å². The Morgan fingerprint density at radius 1 is 1.03 bits per heavy atom. The molecule has 0 radical (unpaired) electrons. The summed E-state index contributed by atoms with van der Waals surface area (Å²) in [6, 6.07) is 12.9. The molecule has 1 aliphatic heterocycles. The maximum Gasteiger partial charge on any atom is 0.573 e. The summed E-state index contributed by atoms with van der Waals surface area (Å²) in [5.74, 6) is 0.0537. The summed E-state index contributed by atoms with van der Waals surface area (Å²) >= 11 is 0.986. The van der Waals surface area contributed by atoms with Gasteiger partial charge in [-0.25, -0.2) is 0 Å². The Morgan fingerprint density at radius 2 is 1.66 bits per heavy atom. The van der Waals surface area contributed by atoms with Crippen LogP contribution in [0, 0.1) is 0 Å². The third kappa shape index (κ3) is 6.15. The third-order valence-electron chi connectivity index (χ3n) is 4.29. The van der Waals surface area contributed by atoms with Gasteiger partial charge in [0.2, 0.25) is 5.91 Å². The van der Waals surface area contributed by atoms with Gasteiger partial charge in [-0.1, -0.05) is 43.0 Å². The third-order valence-corrected chi connectivity index (χ3v) is 5.28.